The number of carbonyl (C=O) groups is 1. The molecular weight excluding hydrogens is 344 g/mol. The fourth-order valence-corrected chi connectivity index (χ4v) is 3.19. The lowest BCUT2D eigenvalue weighted by Gasteiger charge is -2.10. The van der Waals surface area contributed by atoms with E-state index in [9.17, 15) is 14.9 Å². The van der Waals surface area contributed by atoms with E-state index in [4.69, 9.17) is 0 Å². The van der Waals surface area contributed by atoms with Gasteiger partial charge in [0.2, 0.25) is 0 Å². The van der Waals surface area contributed by atoms with Gasteiger partial charge in [0.05, 0.1) is 33.7 Å². The third kappa shape index (κ3) is 3.10. The average molecular weight is 360 g/mol. The number of rotatable bonds is 4. The summed E-state index contributed by atoms with van der Waals surface area (Å²) in [5.74, 6) is -0.374. The van der Waals surface area contributed by atoms with Gasteiger partial charge in [-0.05, 0) is 42.8 Å². The third-order valence-electron chi connectivity index (χ3n) is 4.39. The van der Waals surface area contributed by atoms with E-state index in [0.717, 1.165) is 22.2 Å². The van der Waals surface area contributed by atoms with Crippen molar-refractivity contribution in [2.45, 2.75) is 13.5 Å². The van der Waals surface area contributed by atoms with Crippen molar-refractivity contribution in [3.8, 4) is 0 Å². The van der Waals surface area contributed by atoms with Crippen LogP contribution in [-0.4, -0.2) is 20.2 Å². The van der Waals surface area contributed by atoms with Crippen molar-refractivity contribution in [2.75, 3.05) is 0 Å². The number of nitrogens with zero attached hydrogens (tertiary/aromatic N) is 3. The molecule has 0 aliphatic heterocycles. The molecule has 0 aliphatic carbocycles. The van der Waals surface area contributed by atoms with Crippen LogP contribution >= 0.6 is 0 Å². The molecule has 0 atom stereocenters. The SMILES string of the molecule is Cc1cc(C(=O)NCc2nc3ccccc3n3cccc23)cc([N+](=O)[O-])c1. The molecule has 2 aromatic carbocycles. The van der Waals surface area contributed by atoms with Gasteiger partial charge in [-0.1, -0.05) is 12.1 Å². The Labute approximate surface area is 154 Å². The Kier molecular flexibility index (Phi) is 4.04. The molecule has 0 saturated carbocycles. The summed E-state index contributed by atoms with van der Waals surface area (Å²) in [5, 5.41) is 13.8. The molecule has 0 aliphatic rings. The smallest absolute Gasteiger partial charge is 0.270 e. The van der Waals surface area contributed by atoms with E-state index in [1.807, 2.05) is 47.0 Å². The van der Waals surface area contributed by atoms with Crippen LogP contribution in [-0.2, 0) is 6.54 Å². The second kappa shape index (κ2) is 6.53. The second-order valence-electron chi connectivity index (χ2n) is 6.31. The lowest BCUT2D eigenvalue weighted by atomic mass is 10.1. The highest BCUT2D eigenvalue weighted by Gasteiger charge is 2.14. The zero-order valence-corrected chi connectivity index (χ0v) is 14.5. The predicted octanol–water partition coefficient (Wildman–Crippen LogP) is 3.63. The molecule has 7 heteroatoms. The zero-order valence-electron chi connectivity index (χ0n) is 14.5. The molecule has 0 fully saturated rings. The number of nitro groups is 1. The molecule has 1 amide bonds. The Bertz CT molecular complexity index is 1200. The highest BCUT2D eigenvalue weighted by atomic mass is 16.6. The molecule has 0 unspecified atom stereocenters. The highest BCUT2D eigenvalue weighted by Crippen LogP contribution is 2.20. The molecular formula is C20H16N4O3. The number of nitrogens with one attached hydrogen (secondary N) is 1. The Morgan fingerprint density at radius 1 is 1.15 bits per heavy atom. The van der Waals surface area contributed by atoms with Crippen molar-refractivity contribution in [1.29, 1.82) is 0 Å². The molecule has 134 valence electrons. The largest absolute Gasteiger partial charge is 0.346 e. The molecule has 2 aromatic heterocycles. The molecule has 4 aromatic rings. The van der Waals surface area contributed by atoms with Crippen LogP contribution in [0.3, 0.4) is 0 Å². The molecule has 7 nitrogen and oxygen atoms in total. The summed E-state index contributed by atoms with van der Waals surface area (Å²) in [4.78, 5) is 27.7. The minimum Gasteiger partial charge on any atom is -0.346 e. The summed E-state index contributed by atoms with van der Waals surface area (Å²) in [6.07, 6.45) is 1.95. The molecule has 0 spiro atoms. The van der Waals surface area contributed by atoms with E-state index in [-0.39, 0.29) is 23.7 Å². The van der Waals surface area contributed by atoms with E-state index in [1.54, 1.807) is 13.0 Å². The van der Waals surface area contributed by atoms with Gasteiger partial charge in [-0.2, -0.15) is 0 Å². The minimum absolute atomic E-state index is 0.0991. The van der Waals surface area contributed by atoms with Gasteiger partial charge in [-0.3, -0.25) is 14.9 Å². The van der Waals surface area contributed by atoms with Crippen molar-refractivity contribution in [3.05, 3.63) is 87.7 Å². The van der Waals surface area contributed by atoms with Gasteiger partial charge in [-0.25, -0.2) is 4.98 Å². The summed E-state index contributed by atoms with van der Waals surface area (Å²) in [6.45, 7) is 1.94. The van der Waals surface area contributed by atoms with Crippen molar-refractivity contribution in [2.24, 2.45) is 0 Å². The number of fused-ring (bicyclic) bond motifs is 3. The van der Waals surface area contributed by atoms with Crippen LogP contribution in [0.2, 0.25) is 0 Å². The highest BCUT2D eigenvalue weighted by molar-refractivity contribution is 5.95. The monoisotopic (exact) mass is 360 g/mol. The number of amides is 1. The van der Waals surface area contributed by atoms with Crippen LogP contribution in [0, 0.1) is 17.0 Å². The number of carbonyl (C=O) groups excluding carboxylic acids is 1. The predicted molar refractivity (Wildman–Crippen MR) is 102 cm³/mol. The van der Waals surface area contributed by atoms with E-state index >= 15 is 0 Å². The number of benzene rings is 2. The number of aromatic nitrogens is 2. The van der Waals surface area contributed by atoms with Gasteiger partial charge < -0.3 is 9.72 Å². The van der Waals surface area contributed by atoms with Gasteiger partial charge in [-0.15, -0.1) is 0 Å². The summed E-state index contributed by atoms with van der Waals surface area (Å²) in [6, 6.07) is 16.0. The topological polar surface area (TPSA) is 89.5 Å². The lowest BCUT2D eigenvalue weighted by molar-refractivity contribution is -0.384. The molecule has 2 heterocycles. The summed E-state index contributed by atoms with van der Waals surface area (Å²) in [5.41, 5.74) is 4.27. The van der Waals surface area contributed by atoms with Gasteiger partial charge in [0.1, 0.15) is 0 Å². The molecule has 0 bridgehead atoms. The van der Waals surface area contributed by atoms with E-state index in [1.165, 1.54) is 12.1 Å². The standard InChI is InChI=1S/C20H16N4O3/c1-13-9-14(11-15(10-13)24(26)27)20(25)21-12-17-19-7-4-8-23(19)18-6-3-2-5-16(18)22-17/h2-11H,12H2,1H3,(H,21,25). The number of aryl methyl sites for hydroxylation is 1. The third-order valence-corrected chi connectivity index (χ3v) is 4.39. The van der Waals surface area contributed by atoms with Gasteiger partial charge >= 0.3 is 0 Å². The zero-order chi connectivity index (χ0) is 19.0. The van der Waals surface area contributed by atoms with Crippen molar-refractivity contribution in [3.63, 3.8) is 0 Å². The Morgan fingerprint density at radius 3 is 2.74 bits per heavy atom. The second-order valence-corrected chi connectivity index (χ2v) is 6.31. The minimum atomic E-state index is -0.501. The number of non-ortho nitro benzene ring substituents is 1. The van der Waals surface area contributed by atoms with Gasteiger partial charge in [0.25, 0.3) is 11.6 Å². The fourth-order valence-electron chi connectivity index (χ4n) is 3.19. The van der Waals surface area contributed by atoms with Crippen LogP contribution in [0.5, 0.6) is 0 Å². The van der Waals surface area contributed by atoms with Crippen LogP contribution in [0.15, 0.2) is 60.8 Å². The maximum atomic E-state index is 12.5. The van der Waals surface area contributed by atoms with Gasteiger partial charge in [0, 0.05) is 23.9 Å². The molecule has 0 saturated heterocycles. The first-order chi connectivity index (χ1) is 13.0. The molecule has 0 radical (unpaired) electrons. The first-order valence-electron chi connectivity index (χ1n) is 8.42. The summed E-state index contributed by atoms with van der Waals surface area (Å²) >= 11 is 0. The summed E-state index contributed by atoms with van der Waals surface area (Å²) in [7, 11) is 0. The Hall–Kier alpha value is -3.74. The van der Waals surface area contributed by atoms with E-state index in [2.05, 4.69) is 10.3 Å². The number of hydrogen-bond donors (Lipinski definition) is 1. The van der Waals surface area contributed by atoms with Crippen molar-refractivity contribution < 1.29 is 9.72 Å². The maximum Gasteiger partial charge on any atom is 0.270 e. The average Bonchev–Trinajstić information content (AvgIpc) is 3.15. The maximum absolute atomic E-state index is 12.5. The summed E-state index contributed by atoms with van der Waals surface area (Å²) < 4.78 is 2.03. The van der Waals surface area contributed by atoms with Crippen molar-refractivity contribution >= 4 is 28.1 Å². The van der Waals surface area contributed by atoms with Crippen molar-refractivity contribution in [1.82, 2.24) is 14.7 Å². The molecule has 27 heavy (non-hydrogen) atoms. The number of hydrogen-bond acceptors (Lipinski definition) is 4. The molecule has 1 N–H and O–H groups in total. The molecule has 4 rings (SSSR count). The van der Waals surface area contributed by atoms with Crippen LogP contribution in [0.1, 0.15) is 21.6 Å². The van der Waals surface area contributed by atoms with Crippen LogP contribution in [0.4, 0.5) is 5.69 Å². The van der Waals surface area contributed by atoms with E-state index in [0.29, 0.717) is 5.56 Å². The first-order valence-corrected chi connectivity index (χ1v) is 8.42. The quantitative estimate of drug-likeness (QED) is 0.444. The Balaban J connectivity index is 1.64. The van der Waals surface area contributed by atoms with Crippen LogP contribution in [0.25, 0.3) is 16.6 Å². The Morgan fingerprint density at radius 2 is 1.93 bits per heavy atom. The first kappa shape index (κ1) is 16.7. The normalized spacial score (nSPS) is 11.0. The number of nitro benzene ring substituents is 1. The fraction of sp³-hybridized carbons (Fsp3) is 0.100. The van der Waals surface area contributed by atoms with E-state index < -0.39 is 4.92 Å². The van der Waals surface area contributed by atoms with Gasteiger partial charge in [0.15, 0.2) is 0 Å². The number of para-hydroxylation sites is 2. The lowest BCUT2D eigenvalue weighted by Crippen LogP contribution is -2.24. The van der Waals surface area contributed by atoms with Crippen LogP contribution < -0.4 is 5.32 Å².